The molecule has 0 aromatic heterocycles. The molecule has 3 fully saturated rings. The SMILES string of the molecule is C=CC(=O)NC[C@]12CCC(C)(C)C[C@H]1[C@H]1C(=O)C=C3[C@@]4(C)C=C(C#N)C(=O)C(C)(C)[C@@H]4CC[C@@]3(C)[C@]1(C)CC2. The number of allylic oxidation sites excluding steroid dienone is 4. The zero-order chi connectivity index (χ0) is 28.8. The van der Waals surface area contributed by atoms with Gasteiger partial charge in [0.25, 0.3) is 0 Å². The summed E-state index contributed by atoms with van der Waals surface area (Å²) in [5.41, 5.74) is -0.218. The van der Waals surface area contributed by atoms with E-state index in [1.807, 2.05) is 26.0 Å². The molecule has 1 amide bonds. The van der Waals surface area contributed by atoms with Crippen molar-refractivity contribution in [2.24, 2.45) is 50.2 Å². The number of hydrogen-bond acceptors (Lipinski definition) is 4. The lowest BCUT2D eigenvalue weighted by Gasteiger charge is -2.69. The molecule has 5 heteroatoms. The third kappa shape index (κ3) is 3.65. The summed E-state index contributed by atoms with van der Waals surface area (Å²) >= 11 is 0. The molecule has 0 aromatic rings. The summed E-state index contributed by atoms with van der Waals surface area (Å²) in [4.78, 5) is 40.0. The van der Waals surface area contributed by atoms with Gasteiger partial charge in [-0.05, 0) is 90.6 Å². The number of amides is 1. The Hall–Kier alpha value is -2.48. The minimum Gasteiger partial charge on any atom is -0.352 e. The van der Waals surface area contributed by atoms with Crippen LogP contribution in [0.15, 0.2) is 36.0 Å². The molecule has 3 saturated carbocycles. The van der Waals surface area contributed by atoms with E-state index in [0.717, 1.165) is 50.5 Å². The maximum absolute atomic E-state index is 14.5. The van der Waals surface area contributed by atoms with E-state index in [2.05, 4.69) is 52.6 Å². The molecule has 5 aliphatic rings. The highest BCUT2D eigenvalue weighted by atomic mass is 16.1. The first-order chi connectivity index (χ1) is 18.0. The largest absolute Gasteiger partial charge is 0.352 e. The lowest BCUT2D eigenvalue weighted by Crippen LogP contribution is -2.65. The van der Waals surface area contributed by atoms with E-state index >= 15 is 0 Å². The van der Waals surface area contributed by atoms with Crippen molar-refractivity contribution >= 4 is 17.5 Å². The Morgan fingerprint density at radius 2 is 1.74 bits per heavy atom. The molecule has 0 bridgehead atoms. The molecule has 0 aliphatic heterocycles. The zero-order valence-corrected chi connectivity index (χ0v) is 25.0. The lowest BCUT2D eigenvalue weighted by molar-refractivity contribution is -0.170. The average Bonchev–Trinajstić information content (AvgIpc) is 2.86. The van der Waals surface area contributed by atoms with Gasteiger partial charge >= 0.3 is 0 Å². The van der Waals surface area contributed by atoms with Gasteiger partial charge in [0.05, 0.1) is 5.57 Å². The molecule has 5 nitrogen and oxygen atoms in total. The summed E-state index contributed by atoms with van der Waals surface area (Å²) < 4.78 is 0. The van der Waals surface area contributed by atoms with Gasteiger partial charge in [-0.2, -0.15) is 5.26 Å². The predicted octanol–water partition coefficient (Wildman–Crippen LogP) is 6.51. The zero-order valence-electron chi connectivity index (χ0n) is 25.0. The summed E-state index contributed by atoms with van der Waals surface area (Å²) in [5.74, 6) is 0.107. The molecule has 1 N–H and O–H groups in total. The Kier molecular flexibility index (Phi) is 6.12. The molecule has 0 spiro atoms. The van der Waals surface area contributed by atoms with E-state index in [4.69, 9.17) is 0 Å². The Morgan fingerprint density at radius 1 is 1.08 bits per heavy atom. The number of Topliss-reactive ketones (excluding diaryl/α,β-unsaturated/α-hetero) is 1. The van der Waals surface area contributed by atoms with Crippen LogP contribution < -0.4 is 5.32 Å². The number of carbonyl (C=O) groups excluding carboxylic acids is 3. The number of fused-ring (bicyclic) bond motifs is 7. The Labute approximate surface area is 234 Å². The van der Waals surface area contributed by atoms with E-state index < -0.39 is 10.8 Å². The highest BCUT2D eigenvalue weighted by molar-refractivity contribution is 6.04. The van der Waals surface area contributed by atoms with Crippen molar-refractivity contribution in [2.75, 3.05) is 6.54 Å². The second-order valence-corrected chi connectivity index (χ2v) is 15.5. The molecule has 7 atom stereocenters. The van der Waals surface area contributed by atoms with Crippen LogP contribution in [-0.4, -0.2) is 24.0 Å². The third-order valence-electron chi connectivity index (χ3n) is 12.8. The van der Waals surface area contributed by atoms with Gasteiger partial charge in [0.1, 0.15) is 6.07 Å². The second-order valence-electron chi connectivity index (χ2n) is 15.5. The topological polar surface area (TPSA) is 87.0 Å². The van der Waals surface area contributed by atoms with Crippen LogP contribution in [-0.2, 0) is 14.4 Å². The molecule has 0 saturated heterocycles. The average molecular weight is 531 g/mol. The smallest absolute Gasteiger partial charge is 0.243 e. The molecule has 0 unspecified atom stereocenters. The van der Waals surface area contributed by atoms with E-state index in [-0.39, 0.29) is 62.5 Å². The molecule has 0 aromatic carbocycles. The highest BCUT2D eigenvalue weighted by Crippen LogP contribution is 2.74. The number of carbonyl (C=O) groups is 3. The third-order valence-corrected chi connectivity index (χ3v) is 12.8. The number of rotatable bonds is 3. The standard InChI is InChI=1S/C34H46N2O3/c1-9-26(38)36-20-34-14-12-29(2,3)18-22(34)27-23(37)16-25-31(6)17-21(19-35)28(39)30(4,5)24(31)10-11-32(25,7)33(27,8)13-15-34/h9,16-17,22,24,27H,1,10-15,18,20H2,2-8H3,(H,36,38)/t22-,24-,27-,31-,32+,33+,34+/m0/s1. The lowest BCUT2D eigenvalue weighted by atomic mass is 9.34. The molecule has 5 aliphatic carbocycles. The van der Waals surface area contributed by atoms with Crippen LogP contribution in [0.25, 0.3) is 0 Å². The molecule has 0 heterocycles. The van der Waals surface area contributed by atoms with Crippen LogP contribution in [0.5, 0.6) is 0 Å². The Bertz CT molecular complexity index is 1260. The van der Waals surface area contributed by atoms with Crippen molar-refractivity contribution in [3.05, 3.63) is 36.0 Å². The summed E-state index contributed by atoms with van der Waals surface area (Å²) in [6.45, 7) is 19.7. The quantitative estimate of drug-likeness (QED) is 0.422. The van der Waals surface area contributed by atoms with Crippen molar-refractivity contribution in [1.82, 2.24) is 5.32 Å². The number of nitrogens with one attached hydrogen (secondary N) is 1. The molecule has 210 valence electrons. The molecular formula is C34H46N2O3. The van der Waals surface area contributed by atoms with Crippen LogP contribution in [0.4, 0.5) is 0 Å². The molecule has 0 radical (unpaired) electrons. The number of hydrogen-bond donors (Lipinski definition) is 1. The summed E-state index contributed by atoms with van der Waals surface area (Å²) in [6, 6.07) is 2.19. The molecule has 39 heavy (non-hydrogen) atoms. The van der Waals surface area contributed by atoms with Crippen LogP contribution in [0.3, 0.4) is 0 Å². The summed E-state index contributed by atoms with van der Waals surface area (Å²) in [6.07, 6.45) is 12.0. The maximum Gasteiger partial charge on any atom is 0.243 e. The highest BCUT2D eigenvalue weighted by Gasteiger charge is 2.69. The van der Waals surface area contributed by atoms with Gasteiger partial charge in [-0.1, -0.05) is 66.7 Å². The van der Waals surface area contributed by atoms with E-state index in [1.54, 1.807) is 0 Å². The summed E-state index contributed by atoms with van der Waals surface area (Å²) in [5, 5.41) is 13.0. The van der Waals surface area contributed by atoms with Gasteiger partial charge in [-0.25, -0.2) is 0 Å². The van der Waals surface area contributed by atoms with Gasteiger partial charge in [-0.3, -0.25) is 14.4 Å². The van der Waals surface area contributed by atoms with Gasteiger partial charge in [0.15, 0.2) is 11.6 Å². The first-order valence-corrected chi connectivity index (χ1v) is 14.9. The van der Waals surface area contributed by atoms with Gasteiger partial charge in [0, 0.05) is 23.3 Å². The second kappa shape index (κ2) is 8.51. The normalized spacial score (nSPS) is 43.8. The Balaban J connectivity index is 1.65. The molecule has 5 rings (SSSR count). The minimum atomic E-state index is -0.657. The fourth-order valence-electron chi connectivity index (χ4n) is 10.4. The van der Waals surface area contributed by atoms with Crippen molar-refractivity contribution in [3.63, 3.8) is 0 Å². The predicted molar refractivity (Wildman–Crippen MR) is 152 cm³/mol. The fraction of sp³-hybridized carbons (Fsp3) is 0.706. The van der Waals surface area contributed by atoms with E-state index in [0.29, 0.717) is 6.54 Å². The summed E-state index contributed by atoms with van der Waals surface area (Å²) in [7, 11) is 0. The number of nitrogens with zero attached hydrogens (tertiary/aromatic N) is 1. The van der Waals surface area contributed by atoms with Gasteiger partial charge < -0.3 is 5.32 Å². The molecular weight excluding hydrogens is 484 g/mol. The van der Waals surface area contributed by atoms with Crippen LogP contribution in [0, 0.1) is 61.6 Å². The van der Waals surface area contributed by atoms with Crippen molar-refractivity contribution in [1.29, 1.82) is 5.26 Å². The van der Waals surface area contributed by atoms with Gasteiger partial charge in [-0.15, -0.1) is 0 Å². The number of nitriles is 1. The first-order valence-electron chi connectivity index (χ1n) is 14.9. The minimum absolute atomic E-state index is 0.0484. The van der Waals surface area contributed by atoms with Crippen molar-refractivity contribution in [2.45, 2.75) is 93.4 Å². The first kappa shape index (κ1) is 28.1. The Morgan fingerprint density at radius 3 is 2.38 bits per heavy atom. The van der Waals surface area contributed by atoms with Crippen molar-refractivity contribution < 1.29 is 14.4 Å². The van der Waals surface area contributed by atoms with E-state index in [9.17, 15) is 19.6 Å². The van der Waals surface area contributed by atoms with Crippen LogP contribution in [0.2, 0.25) is 0 Å². The van der Waals surface area contributed by atoms with Crippen LogP contribution in [0.1, 0.15) is 93.4 Å². The fourth-order valence-corrected chi connectivity index (χ4v) is 10.4. The van der Waals surface area contributed by atoms with E-state index in [1.165, 1.54) is 6.08 Å². The van der Waals surface area contributed by atoms with Crippen LogP contribution >= 0.6 is 0 Å². The monoisotopic (exact) mass is 530 g/mol. The number of ketones is 2. The van der Waals surface area contributed by atoms with Crippen molar-refractivity contribution in [3.8, 4) is 6.07 Å². The van der Waals surface area contributed by atoms with Gasteiger partial charge in [0.2, 0.25) is 5.91 Å². The maximum atomic E-state index is 14.5.